The highest BCUT2D eigenvalue weighted by Crippen LogP contribution is 2.30. The SMILES string of the molecule is CC(C)=Nc1c(C)c(F)c(F)c(F)c1F. The van der Waals surface area contributed by atoms with Crippen LogP contribution in [0.5, 0.6) is 0 Å². The van der Waals surface area contributed by atoms with E-state index >= 15 is 0 Å². The molecule has 0 aromatic heterocycles. The molecule has 0 fully saturated rings. The van der Waals surface area contributed by atoms with Crippen LogP contribution in [0.4, 0.5) is 23.2 Å². The Balaban J connectivity index is 3.60. The number of benzene rings is 1. The number of nitrogens with zero attached hydrogens (tertiary/aromatic N) is 1. The maximum atomic E-state index is 13.2. The van der Waals surface area contributed by atoms with E-state index in [1.807, 2.05) is 0 Å². The van der Waals surface area contributed by atoms with E-state index in [4.69, 9.17) is 0 Å². The summed E-state index contributed by atoms with van der Waals surface area (Å²) in [5.74, 6) is -6.52. The average molecular weight is 219 g/mol. The van der Waals surface area contributed by atoms with E-state index in [0.29, 0.717) is 5.71 Å². The van der Waals surface area contributed by atoms with Crippen LogP contribution in [0, 0.1) is 30.2 Å². The molecular weight excluding hydrogens is 210 g/mol. The average Bonchev–Trinajstić information content (AvgIpc) is 2.18. The number of aliphatic imine (C=N–C) groups is 1. The van der Waals surface area contributed by atoms with Crippen LogP contribution < -0.4 is 0 Å². The molecule has 0 unspecified atom stereocenters. The lowest BCUT2D eigenvalue weighted by Crippen LogP contribution is -2.00. The fourth-order valence-electron chi connectivity index (χ4n) is 1.09. The fraction of sp³-hybridized carbons (Fsp3) is 0.300. The van der Waals surface area contributed by atoms with Gasteiger partial charge in [-0.2, -0.15) is 0 Å². The first kappa shape index (κ1) is 11.7. The van der Waals surface area contributed by atoms with Crippen molar-refractivity contribution in [3.8, 4) is 0 Å². The van der Waals surface area contributed by atoms with Crippen molar-refractivity contribution in [2.45, 2.75) is 20.8 Å². The number of rotatable bonds is 1. The van der Waals surface area contributed by atoms with Crippen molar-refractivity contribution < 1.29 is 17.6 Å². The highest BCUT2D eigenvalue weighted by molar-refractivity contribution is 5.82. The topological polar surface area (TPSA) is 12.4 Å². The highest BCUT2D eigenvalue weighted by Gasteiger charge is 2.22. The molecule has 0 amide bonds. The van der Waals surface area contributed by atoms with E-state index in [0.717, 1.165) is 6.92 Å². The largest absolute Gasteiger partial charge is 0.255 e. The minimum Gasteiger partial charge on any atom is -0.255 e. The summed E-state index contributed by atoms with van der Waals surface area (Å²) in [6.45, 7) is 4.22. The van der Waals surface area contributed by atoms with E-state index in [9.17, 15) is 17.6 Å². The van der Waals surface area contributed by atoms with Crippen LogP contribution in [0.25, 0.3) is 0 Å². The van der Waals surface area contributed by atoms with Crippen molar-refractivity contribution >= 4 is 11.4 Å². The third-order valence-corrected chi connectivity index (χ3v) is 1.81. The third kappa shape index (κ3) is 2.00. The molecule has 0 saturated carbocycles. The summed E-state index contributed by atoms with van der Waals surface area (Å²) in [7, 11) is 0. The van der Waals surface area contributed by atoms with Gasteiger partial charge in [0, 0.05) is 11.3 Å². The van der Waals surface area contributed by atoms with Gasteiger partial charge in [-0.15, -0.1) is 0 Å². The maximum absolute atomic E-state index is 13.2. The van der Waals surface area contributed by atoms with Gasteiger partial charge in [-0.3, -0.25) is 4.99 Å². The summed E-state index contributed by atoms with van der Waals surface area (Å²) in [5, 5.41) is 0. The molecular formula is C10H9F4N. The molecule has 0 saturated heterocycles. The Morgan fingerprint density at radius 3 is 1.80 bits per heavy atom. The van der Waals surface area contributed by atoms with Crippen molar-refractivity contribution in [2.24, 2.45) is 4.99 Å². The maximum Gasteiger partial charge on any atom is 0.199 e. The molecule has 0 radical (unpaired) electrons. The third-order valence-electron chi connectivity index (χ3n) is 1.81. The Hall–Kier alpha value is -1.39. The van der Waals surface area contributed by atoms with Crippen LogP contribution in [-0.4, -0.2) is 5.71 Å². The minimum atomic E-state index is -1.84. The van der Waals surface area contributed by atoms with Crippen LogP contribution in [-0.2, 0) is 0 Å². The second-order valence-corrected chi connectivity index (χ2v) is 3.29. The molecule has 1 nitrogen and oxygen atoms in total. The predicted octanol–water partition coefficient (Wildman–Crippen LogP) is 3.66. The Morgan fingerprint density at radius 1 is 0.867 bits per heavy atom. The molecule has 0 bridgehead atoms. The van der Waals surface area contributed by atoms with Gasteiger partial charge in [0.25, 0.3) is 0 Å². The second-order valence-electron chi connectivity index (χ2n) is 3.29. The predicted molar refractivity (Wildman–Crippen MR) is 49.5 cm³/mol. The van der Waals surface area contributed by atoms with Crippen molar-refractivity contribution in [3.05, 3.63) is 28.8 Å². The van der Waals surface area contributed by atoms with Crippen LogP contribution in [0.15, 0.2) is 4.99 Å². The molecule has 82 valence electrons. The van der Waals surface area contributed by atoms with Gasteiger partial charge in [0.05, 0.1) is 0 Å². The molecule has 1 aromatic carbocycles. The van der Waals surface area contributed by atoms with E-state index in [1.165, 1.54) is 13.8 Å². The molecule has 0 aliphatic rings. The zero-order valence-electron chi connectivity index (χ0n) is 8.46. The summed E-state index contributed by atoms with van der Waals surface area (Å²) < 4.78 is 51.8. The summed E-state index contributed by atoms with van der Waals surface area (Å²) in [6.07, 6.45) is 0. The molecule has 15 heavy (non-hydrogen) atoms. The quantitative estimate of drug-likeness (QED) is 0.296. The number of hydrogen-bond donors (Lipinski definition) is 0. The van der Waals surface area contributed by atoms with Gasteiger partial charge >= 0.3 is 0 Å². The second kappa shape index (κ2) is 4.00. The molecule has 0 aliphatic heterocycles. The van der Waals surface area contributed by atoms with Gasteiger partial charge in [0.2, 0.25) is 0 Å². The van der Waals surface area contributed by atoms with Gasteiger partial charge in [-0.1, -0.05) is 0 Å². The van der Waals surface area contributed by atoms with E-state index in [-0.39, 0.29) is 5.56 Å². The highest BCUT2D eigenvalue weighted by atomic mass is 19.2. The number of hydrogen-bond acceptors (Lipinski definition) is 1. The standard InChI is InChI=1S/C10H9F4N/c1-4(2)15-10-5(3)6(11)7(12)8(13)9(10)14/h1-3H3. The van der Waals surface area contributed by atoms with Crippen LogP contribution in [0.2, 0.25) is 0 Å². The Bertz CT molecular complexity index is 405. The van der Waals surface area contributed by atoms with Crippen molar-refractivity contribution in [2.75, 3.05) is 0 Å². The molecule has 1 aromatic rings. The smallest absolute Gasteiger partial charge is 0.199 e. The first-order valence-corrected chi connectivity index (χ1v) is 4.20. The molecule has 0 aliphatic carbocycles. The van der Waals surface area contributed by atoms with Crippen molar-refractivity contribution in [3.63, 3.8) is 0 Å². The van der Waals surface area contributed by atoms with Gasteiger partial charge in [-0.25, -0.2) is 17.6 Å². The zero-order valence-corrected chi connectivity index (χ0v) is 8.46. The normalized spacial score (nSPS) is 10.3. The van der Waals surface area contributed by atoms with Crippen molar-refractivity contribution in [1.82, 2.24) is 0 Å². The van der Waals surface area contributed by atoms with Gasteiger partial charge in [0.15, 0.2) is 23.3 Å². The van der Waals surface area contributed by atoms with Gasteiger partial charge in [0.1, 0.15) is 5.69 Å². The van der Waals surface area contributed by atoms with E-state index < -0.39 is 29.0 Å². The summed E-state index contributed by atoms with van der Waals surface area (Å²) >= 11 is 0. The van der Waals surface area contributed by atoms with Crippen LogP contribution in [0.1, 0.15) is 19.4 Å². The van der Waals surface area contributed by atoms with Crippen LogP contribution in [0.3, 0.4) is 0 Å². The first-order valence-electron chi connectivity index (χ1n) is 4.20. The molecule has 1 rings (SSSR count). The summed E-state index contributed by atoms with van der Waals surface area (Å²) in [4.78, 5) is 3.62. The monoisotopic (exact) mass is 219 g/mol. The lowest BCUT2D eigenvalue weighted by Gasteiger charge is -2.06. The van der Waals surface area contributed by atoms with Crippen LogP contribution >= 0.6 is 0 Å². The Kier molecular flexibility index (Phi) is 3.12. The molecule has 0 spiro atoms. The molecule has 0 N–H and O–H groups in total. The lowest BCUT2D eigenvalue weighted by atomic mass is 10.1. The fourth-order valence-corrected chi connectivity index (χ4v) is 1.09. The Morgan fingerprint density at radius 2 is 1.33 bits per heavy atom. The Labute approximate surface area is 84.4 Å². The molecule has 0 heterocycles. The molecule has 5 heteroatoms. The summed E-state index contributed by atoms with van der Waals surface area (Å²) in [5.41, 5.74) is -0.415. The van der Waals surface area contributed by atoms with E-state index in [1.54, 1.807) is 0 Å². The number of halogens is 4. The van der Waals surface area contributed by atoms with E-state index in [2.05, 4.69) is 4.99 Å². The molecule has 0 atom stereocenters. The van der Waals surface area contributed by atoms with Gasteiger partial charge < -0.3 is 0 Å². The van der Waals surface area contributed by atoms with Crippen molar-refractivity contribution in [1.29, 1.82) is 0 Å². The first-order chi connectivity index (χ1) is 6.86. The minimum absolute atomic E-state index is 0.340. The lowest BCUT2D eigenvalue weighted by molar-refractivity contribution is 0.407. The zero-order chi connectivity index (χ0) is 11.7. The van der Waals surface area contributed by atoms with Gasteiger partial charge in [-0.05, 0) is 20.8 Å². The summed E-state index contributed by atoms with van der Waals surface area (Å²) in [6, 6.07) is 0.